The highest BCUT2D eigenvalue weighted by Gasteiger charge is 2.12. The molecule has 0 unspecified atom stereocenters. The van der Waals surface area contributed by atoms with Crippen molar-refractivity contribution in [3.63, 3.8) is 0 Å². The summed E-state index contributed by atoms with van der Waals surface area (Å²) >= 11 is 0. The van der Waals surface area contributed by atoms with Crippen molar-refractivity contribution in [3.8, 4) is 11.3 Å². The third-order valence-electron chi connectivity index (χ3n) is 3.63. The van der Waals surface area contributed by atoms with E-state index in [0.29, 0.717) is 0 Å². The lowest BCUT2D eigenvalue weighted by Gasteiger charge is -2.17. The third kappa shape index (κ3) is 2.60. The first-order valence-electron chi connectivity index (χ1n) is 7.28. The Hall–Kier alpha value is -2.62. The second-order valence-electron chi connectivity index (χ2n) is 5.73. The Morgan fingerprint density at radius 2 is 1.50 bits per heavy atom. The van der Waals surface area contributed by atoms with Gasteiger partial charge >= 0.3 is 0 Å². The van der Waals surface area contributed by atoms with Crippen LogP contribution in [0.25, 0.3) is 22.2 Å². The van der Waals surface area contributed by atoms with Gasteiger partial charge in [-0.2, -0.15) is 0 Å². The Balaban J connectivity index is 2.32. The minimum atomic E-state index is 0.726. The number of hydrogen-bond acceptors (Lipinski definition) is 4. The predicted octanol–water partition coefficient (Wildman–Crippen LogP) is 3.43. The minimum absolute atomic E-state index is 0.726. The van der Waals surface area contributed by atoms with Crippen LogP contribution >= 0.6 is 0 Å². The summed E-state index contributed by atoms with van der Waals surface area (Å²) in [6.45, 7) is 0. The fourth-order valence-corrected chi connectivity index (χ4v) is 2.40. The fraction of sp³-hybridized carbons (Fsp3) is 0.222. The molecular weight excluding hydrogens is 272 g/mol. The summed E-state index contributed by atoms with van der Waals surface area (Å²) in [5, 5.41) is 1.07. The molecule has 0 bridgehead atoms. The zero-order valence-electron chi connectivity index (χ0n) is 13.4. The second-order valence-corrected chi connectivity index (χ2v) is 5.73. The van der Waals surface area contributed by atoms with Gasteiger partial charge in [0, 0.05) is 44.8 Å². The van der Waals surface area contributed by atoms with E-state index >= 15 is 0 Å². The molecule has 0 amide bonds. The average molecular weight is 292 g/mol. The van der Waals surface area contributed by atoms with Gasteiger partial charge in [0.05, 0.1) is 11.2 Å². The number of benzene rings is 2. The van der Waals surface area contributed by atoms with Gasteiger partial charge in [-0.05, 0) is 18.2 Å². The molecule has 112 valence electrons. The Labute approximate surface area is 131 Å². The average Bonchev–Trinajstić information content (AvgIpc) is 2.54. The largest absolute Gasteiger partial charge is 0.378 e. The number of hydrogen-bond donors (Lipinski definition) is 0. The van der Waals surface area contributed by atoms with Crippen LogP contribution < -0.4 is 9.80 Å². The molecule has 0 N–H and O–H groups in total. The van der Waals surface area contributed by atoms with Crippen LogP contribution in [0.3, 0.4) is 0 Å². The first-order chi connectivity index (χ1) is 10.6. The predicted molar refractivity (Wildman–Crippen MR) is 93.6 cm³/mol. The summed E-state index contributed by atoms with van der Waals surface area (Å²) in [6, 6.07) is 16.6. The zero-order valence-corrected chi connectivity index (χ0v) is 13.4. The highest BCUT2D eigenvalue weighted by atomic mass is 15.2. The van der Waals surface area contributed by atoms with E-state index in [-0.39, 0.29) is 0 Å². The molecule has 0 saturated carbocycles. The van der Waals surface area contributed by atoms with Crippen LogP contribution in [0.15, 0.2) is 48.5 Å². The molecule has 0 aliphatic rings. The number of rotatable bonds is 3. The van der Waals surface area contributed by atoms with Gasteiger partial charge in [0.2, 0.25) is 5.95 Å². The van der Waals surface area contributed by atoms with Crippen molar-refractivity contribution in [3.05, 3.63) is 48.5 Å². The second kappa shape index (κ2) is 5.64. The molecule has 3 aromatic rings. The maximum atomic E-state index is 4.77. The van der Waals surface area contributed by atoms with Gasteiger partial charge in [-0.15, -0.1) is 0 Å². The summed E-state index contributed by atoms with van der Waals surface area (Å²) in [4.78, 5) is 13.5. The van der Waals surface area contributed by atoms with Crippen LogP contribution in [0.2, 0.25) is 0 Å². The lowest BCUT2D eigenvalue weighted by Crippen LogP contribution is -2.13. The van der Waals surface area contributed by atoms with E-state index in [0.717, 1.165) is 33.8 Å². The van der Waals surface area contributed by atoms with Crippen LogP contribution in [-0.2, 0) is 0 Å². The van der Waals surface area contributed by atoms with E-state index in [1.807, 2.05) is 51.3 Å². The van der Waals surface area contributed by atoms with Crippen molar-refractivity contribution in [1.29, 1.82) is 0 Å². The minimum Gasteiger partial charge on any atom is -0.378 e. The van der Waals surface area contributed by atoms with Gasteiger partial charge in [-0.3, -0.25) is 0 Å². The summed E-state index contributed by atoms with van der Waals surface area (Å²) in [6.07, 6.45) is 0. The van der Waals surface area contributed by atoms with Crippen LogP contribution in [0.4, 0.5) is 11.6 Å². The van der Waals surface area contributed by atoms with Crippen LogP contribution in [0.1, 0.15) is 0 Å². The topological polar surface area (TPSA) is 32.3 Å². The Morgan fingerprint density at radius 3 is 2.14 bits per heavy atom. The molecular formula is C18H20N4. The first kappa shape index (κ1) is 14.3. The molecule has 0 atom stereocenters. The van der Waals surface area contributed by atoms with Crippen molar-refractivity contribution in [2.75, 3.05) is 38.0 Å². The SMILES string of the molecule is CN(C)c1ccc2nc(N(C)C)nc(-c3ccccc3)c2c1. The van der Waals surface area contributed by atoms with Crippen molar-refractivity contribution in [1.82, 2.24) is 9.97 Å². The maximum absolute atomic E-state index is 4.77. The lowest BCUT2D eigenvalue weighted by molar-refractivity contribution is 1.02. The normalized spacial score (nSPS) is 10.7. The van der Waals surface area contributed by atoms with Gasteiger partial charge in [0.1, 0.15) is 0 Å². The van der Waals surface area contributed by atoms with E-state index in [4.69, 9.17) is 4.98 Å². The van der Waals surface area contributed by atoms with E-state index < -0.39 is 0 Å². The van der Waals surface area contributed by atoms with Gasteiger partial charge in [-0.25, -0.2) is 9.97 Å². The zero-order chi connectivity index (χ0) is 15.7. The fourth-order valence-electron chi connectivity index (χ4n) is 2.40. The highest BCUT2D eigenvalue weighted by molar-refractivity contribution is 5.95. The van der Waals surface area contributed by atoms with E-state index in [1.165, 1.54) is 0 Å². The monoisotopic (exact) mass is 292 g/mol. The van der Waals surface area contributed by atoms with Crippen LogP contribution in [0, 0.1) is 0 Å². The van der Waals surface area contributed by atoms with E-state index in [1.54, 1.807) is 0 Å². The molecule has 0 aliphatic carbocycles. The van der Waals surface area contributed by atoms with Crippen molar-refractivity contribution in [2.45, 2.75) is 0 Å². The summed E-state index contributed by atoms with van der Waals surface area (Å²) in [7, 11) is 8.01. The third-order valence-corrected chi connectivity index (χ3v) is 3.63. The van der Waals surface area contributed by atoms with E-state index in [2.05, 4.69) is 40.2 Å². The van der Waals surface area contributed by atoms with Gasteiger partial charge in [-0.1, -0.05) is 30.3 Å². The summed E-state index contributed by atoms with van der Waals surface area (Å²) < 4.78 is 0. The lowest BCUT2D eigenvalue weighted by atomic mass is 10.1. The number of nitrogens with zero attached hydrogens (tertiary/aromatic N) is 4. The molecule has 1 aromatic heterocycles. The Bertz CT molecular complexity index is 795. The number of fused-ring (bicyclic) bond motifs is 1. The molecule has 4 nitrogen and oxygen atoms in total. The van der Waals surface area contributed by atoms with Gasteiger partial charge in [0.15, 0.2) is 0 Å². The maximum Gasteiger partial charge on any atom is 0.225 e. The molecule has 1 heterocycles. The van der Waals surface area contributed by atoms with Crippen molar-refractivity contribution >= 4 is 22.5 Å². The molecule has 0 aliphatic heterocycles. The number of anilines is 2. The first-order valence-corrected chi connectivity index (χ1v) is 7.28. The summed E-state index contributed by atoms with van der Waals surface area (Å²) in [5.41, 5.74) is 4.18. The molecule has 22 heavy (non-hydrogen) atoms. The molecule has 3 rings (SSSR count). The van der Waals surface area contributed by atoms with Gasteiger partial charge < -0.3 is 9.80 Å². The molecule has 0 saturated heterocycles. The Kier molecular flexibility index (Phi) is 3.67. The Morgan fingerprint density at radius 1 is 0.773 bits per heavy atom. The van der Waals surface area contributed by atoms with Crippen LogP contribution in [0.5, 0.6) is 0 Å². The molecule has 0 fully saturated rings. The standard InChI is InChI=1S/C18H20N4/c1-21(2)14-10-11-16-15(12-14)17(13-8-6-5-7-9-13)20-18(19-16)22(3)4/h5-12H,1-4H3. The smallest absolute Gasteiger partial charge is 0.225 e. The van der Waals surface area contributed by atoms with E-state index in [9.17, 15) is 0 Å². The number of aromatic nitrogens is 2. The quantitative estimate of drug-likeness (QED) is 0.740. The molecule has 0 radical (unpaired) electrons. The summed E-state index contributed by atoms with van der Waals surface area (Å²) in [5.74, 6) is 0.726. The van der Waals surface area contributed by atoms with Crippen molar-refractivity contribution < 1.29 is 0 Å². The molecule has 2 aromatic carbocycles. The van der Waals surface area contributed by atoms with Crippen molar-refractivity contribution in [2.24, 2.45) is 0 Å². The molecule has 4 heteroatoms. The highest BCUT2D eigenvalue weighted by Crippen LogP contribution is 2.30. The van der Waals surface area contributed by atoms with Crippen LogP contribution in [-0.4, -0.2) is 38.2 Å². The molecule has 0 spiro atoms. The van der Waals surface area contributed by atoms with Gasteiger partial charge in [0.25, 0.3) is 0 Å².